The third-order valence-electron chi connectivity index (χ3n) is 4.07. The molecule has 0 fully saturated rings. The molecular formula is C21H28N2O5S. The second kappa shape index (κ2) is 8.92. The van der Waals surface area contributed by atoms with Crippen molar-refractivity contribution in [3.8, 4) is 5.75 Å². The van der Waals surface area contributed by atoms with E-state index < -0.39 is 28.1 Å². The average Bonchev–Trinajstić information content (AvgIpc) is 2.59. The Balaban J connectivity index is 2.47. The van der Waals surface area contributed by atoms with Crippen LogP contribution in [-0.2, 0) is 26.1 Å². The smallest absolute Gasteiger partial charge is 0.321 e. The molecule has 0 unspecified atom stereocenters. The maximum Gasteiger partial charge on any atom is 0.321 e. The molecule has 29 heavy (non-hydrogen) atoms. The molecule has 0 spiro atoms. The lowest BCUT2D eigenvalue weighted by Crippen LogP contribution is -2.38. The summed E-state index contributed by atoms with van der Waals surface area (Å²) in [5.41, 5.74) is 1.04. The van der Waals surface area contributed by atoms with Gasteiger partial charge in [-0.25, -0.2) is 8.42 Å². The Hall–Kier alpha value is -2.45. The lowest BCUT2D eigenvalue weighted by atomic mass is 10.1. The molecule has 158 valence electrons. The third-order valence-corrected chi connectivity index (χ3v) is 6.17. The minimum atomic E-state index is -3.99. The van der Waals surface area contributed by atoms with Crippen LogP contribution in [0.5, 0.6) is 5.75 Å². The fourth-order valence-corrected chi connectivity index (χ4v) is 4.79. The van der Waals surface area contributed by atoms with Crippen LogP contribution in [0.1, 0.15) is 37.5 Å². The van der Waals surface area contributed by atoms with Crippen molar-refractivity contribution in [1.82, 2.24) is 9.29 Å². The molecular weight excluding hydrogens is 392 g/mol. The van der Waals surface area contributed by atoms with Crippen LogP contribution in [0, 0.1) is 13.8 Å². The highest BCUT2D eigenvalue weighted by Gasteiger charge is 2.31. The van der Waals surface area contributed by atoms with Gasteiger partial charge in [-0.05, 0) is 69.5 Å². The summed E-state index contributed by atoms with van der Waals surface area (Å²) < 4.78 is 38.8. The highest BCUT2D eigenvalue weighted by Crippen LogP contribution is 2.29. The van der Waals surface area contributed by atoms with Crippen LogP contribution in [-0.4, -0.2) is 42.9 Å². The molecule has 7 nitrogen and oxygen atoms in total. The van der Waals surface area contributed by atoms with E-state index in [9.17, 15) is 13.2 Å². The SMILES string of the molecule is COc1cc(C)c(S(=O)(=O)N(CC(=O)OC(C)(C)C)Cc2cccnc2)c(C)c1. The Kier molecular flexibility index (Phi) is 7.02. The Morgan fingerprint density at radius 1 is 1.17 bits per heavy atom. The molecule has 0 amide bonds. The number of benzene rings is 1. The normalized spacial score (nSPS) is 12.1. The molecule has 1 aromatic carbocycles. The number of rotatable bonds is 7. The zero-order valence-electron chi connectivity index (χ0n) is 17.7. The second-order valence-electron chi connectivity index (χ2n) is 7.81. The summed E-state index contributed by atoms with van der Waals surface area (Å²) >= 11 is 0. The lowest BCUT2D eigenvalue weighted by Gasteiger charge is -2.26. The fourth-order valence-electron chi connectivity index (χ4n) is 3.00. The highest BCUT2D eigenvalue weighted by molar-refractivity contribution is 7.89. The van der Waals surface area contributed by atoms with E-state index >= 15 is 0 Å². The first-order valence-electron chi connectivity index (χ1n) is 9.20. The monoisotopic (exact) mass is 420 g/mol. The Bertz CT molecular complexity index is 943. The number of methoxy groups -OCH3 is 1. The molecule has 0 bridgehead atoms. The number of nitrogens with zero attached hydrogens (tertiary/aromatic N) is 2. The van der Waals surface area contributed by atoms with Gasteiger partial charge in [0.05, 0.1) is 12.0 Å². The molecule has 2 rings (SSSR count). The molecule has 0 saturated carbocycles. The average molecular weight is 421 g/mol. The van der Waals surface area contributed by atoms with Crippen molar-refractivity contribution < 1.29 is 22.7 Å². The van der Waals surface area contributed by atoms with Crippen molar-refractivity contribution in [1.29, 1.82) is 0 Å². The van der Waals surface area contributed by atoms with Crippen LogP contribution < -0.4 is 4.74 Å². The topological polar surface area (TPSA) is 85.8 Å². The van der Waals surface area contributed by atoms with Gasteiger partial charge in [-0.15, -0.1) is 0 Å². The number of esters is 1. The molecule has 0 atom stereocenters. The third kappa shape index (κ3) is 6.01. The largest absolute Gasteiger partial charge is 0.497 e. The van der Waals surface area contributed by atoms with E-state index in [2.05, 4.69) is 4.98 Å². The fraction of sp³-hybridized carbons (Fsp3) is 0.429. The van der Waals surface area contributed by atoms with Gasteiger partial charge >= 0.3 is 5.97 Å². The zero-order chi connectivity index (χ0) is 21.8. The summed E-state index contributed by atoms with van der Waals surface area (Å²) in [5, 5.41) is 0. The summed E-state index contributed by atoms with van der Waals surface area (Å²) in [6, 6.07) is 6.81. The molecule has 1 heterocycles. The van der Waals surface area contributed by atoms with Crippen LogP contribution in [0.15, 0.2) is 41.6 Å². The molecule has 0 aliphatic carbocycles. The molecule has 0 aliphatic rings. The maximum atomic E-state index is 13.5. The quantitative estimate of drug-likeness (QED) is 0.639. The first-order valence-corrected chi connectivity index (χ1v) is 10.6. The number of pyridine rings is 1. The minimum Gasteiger partial charge on any atom is -0.497 e. The van der Waals surface area contributed by atoms with Gasteiger partial charge in [-0.3, -0.25) is 9.78 Å². The molecule has 8 heteroatoms. The first-order chi connectivity index (χ1) is 13.4. The van der Waals surface area contributed by atoms with Crippen LogP contribution in [0.3, 0.4) is 0 Å². The van der Waals surface area contributed by atoms with Gasteiger partial charge in [0.2, 0.25) is 10.0 Å². The van der Waals surface area contributed by atoms with Crippen molar-refractivity contribution in [3.63, 3.8) is 0 Å². The van der Waals surface area contributed by atoms with E-state index in [0.29, 0.717) is 22.4 Å². The van der Waals surface area contributed by atoms with E-state index in [0.717, 1.165) is 4.31 Å². The Morgan fingerprint density at radius 2 is 1.79 bits per heavy atom. The number of sulfonamides is 1. The summed E-state index contributed by atoms with van der Waals surface area (Å²) in [6.45, 7) is 8.23. The summed E-state index contributed by atoms with van der Waals surface area (Å²) in [6.07, 6.45) is 3.18. The van der Waals surface area contributed by atoms with Crippen LogP contribution in [0.25, 0.3) is 0 Å². The molecule has 1 aromatic heterocycles. The van der Waals surface area contributed by atoms with Gasteiger partial charge in [0.15, 0.2) is 0 Å². The number of hydrogen-bond donors (Lipinski definition) is 0. The predicted octanol–water partition coefficient (Wildman–Crippen LogP) is 3.24. The Labute approximate surface area is 172 Å². The number of carbonyl (C=O) groups excluding carboxylic acids is 1. The van der Waals surface area contributed by atoms with Gasteiger partial charge < -0.3 is 9.47 Å². The number of aromatic nitrogens is 1. The van der Waals surface area contributed by atoms with Crippen molar-refractivity contribution in [2.45, 2.75) is 51.7 Å². The van der Waals surface area contributed by atoms with E-state index in [1.165, 1.54) is 7.11 Å². The van der Waals surface area contributed by atoms with Crippen LogP contribution in [0.2, 0.25) is 0 Å². The molecule has 0 saturated heterocycles. The van der Waals surface area contributed by atoms with Crippen LogP contribution >= 0.6 is 0 Å². The zero-order valence-corrected chi connectivity index (χ0v) is 18.5. The van der Waals surface area contributed by atoms with Gasteiger partial charge in [0.1, 0.15) is 17.9 Å². The van der Waals surface area contributed by atoms with E-state index in [-0.39, 0.29) is 11.4 Å². The van der Waals surface area contributed by atoms with Crippen molar-refractivity contribution in [2.24, 2.45) is 0 Å². The number of carbonyl (C=O) groups is 1. The summed E-state index contributed by atoms with van der Waals surface area (Å²) in [4.78, 5) is 16.6. The van der Waals surface area contributed by atoms with E-state index in [1.54, 1.807) is 71.3 Å². The minimum absolute atomic E-state index is 0.000323. The lowest BCUT2D eigenvalue weighted by molar-refractivity contribution is -0.155. The van der Waals surface area contributed by atoms with Gasteiger partial charge in [-0.1, -0.05) is 6.07 Å². The predicted molar refractivity (Wildman–Crippen MR) is 110 cm³/mol. The summed E-state index contributed by atoms with van der Waals surface area (Å²) in [7, 11) is -2.46. The Morgan fingerprint density at radius 3 is 2.28 bits per heavy atom. The van der Waals surface area contributed by atoms with E-state index in [1.807, 2.05) is 0 Å². The van der Waals surface area contributed by atoms with Crippen LogP contribution in [0.4, 0.5) is 0 Å². The molecule has 0 radical (unpaired) electrons. The van der Waals surface area contributed by atoms with Gasteiger partial charge in [0, 0.05) is 18.9 Å². The van der Waals surface area contributed by atoms with Gasteiger partial charge in [-0.2, -0.15) is 4.31 Å². The van der Waals surface area contributed by atoms with Crippen molar-refractivity contribution >= 4 is 16.0 Å². The number of aryl methyl sites for hydroxylation is 2. The standard InChI is InChI=1S/C21H28N2O5S/c1-15-10-18(27-6)11-16(2)20(15)29(25,26)23(13-17-8-7-9-22-12-17)14-19(24)28-21(3,4)5/h7-12H,13-14H2,1-6H3. The number of ether oxygens (including phenoxy) is 2. The number of hydrogen-bond acceptors (Lipinski definition) is 6. The first kappa shape index (κ1) is 22.8. The van der Waals surface area contributed by atoms with Crippen molar-refractivity contribution in [2.75, 3.05) is 13.7 Å². The highest BCUT2D eigenvalue weighted by atomic mass is 32.2. The maximum absolute atomic E-state index is 13.5. The van der Waals surface area contributed by atoms with Crippen molar-refractivity contribution in [3.05, 3.63) is 53.3 Å². The molecule has 0 N–H and O–H groups in total. The van der Waals surface area contributed by atoms with Gasteiger partial charge in [0.25, 0.3) is 0 Å². The summed E-state index contributed by atoms with van der Waals surface area (Å²) in [5.74, 6) is -0.0429. The van der Waals surface area contributed by atoms with E-state index in [4.69, 9.17) is 9.47 Å². The molecule has 0 aliphatic heterocycles. The molecule has 2 aromatic rings. The second-order valence-corrected chi connectivity index (χ2v) is 9.69.